The van der Waals surface area contributed by atoms with Crippen molar-refractivity contribution in [2.75, 3.05) is 18.0 Å². The molecular weight excluding hydrogens is 256 g/mol. The summed E-state index contributed by atoms with van der Waals surface area (Å²) in [6.45, 7) is 1.76. The molecule has 0 radical (unpaired) electrons. The van der Waals surface area contributed by atoms with E-state index in [1.54, 1.807) is 12.3 Å². The van der Waals surface area contributed by atoms with Crippen molar-refractivity contribution in [3.63, 3.8) is 0 Å². The molecule has 1 aliphatic heterocycles. The van der Waals surface area contributed by atoms with Crippen LogP contribution in [0.2, 0.25) is 0 Å². The minimum Gasteiger partial charge on any atom is -0.371 e. The normalized spacial score (nSPS) is 16.6. The maximum Gasteiger partial charge on any atom is 0.295 e. The number of pyridine rings is 1. The van der Waals surface area contributed by atoms with Crippen LogP contribution in [0.5, 0.6) is 0 Å². The topological polar surface area (TPSA) is 85.3 Å². The number of benzene rings is 1. The first-order chi connectivity index (χ1) is 9.66. The van der Waals surface area contributed by atoms with Gasteiger partial charge in [-0.2, -0.15) is 0 Å². The first-order valence-corrected chi connectivity index (χ1v) is 6.69. The fourth-order valence-electron chi connectivity index (χ4n) is 2.71. The van der Waals surface area contributed by atoms with Crippen LogP contribution in [0, 0.1) is 10.1 Å². The molecule has 2 heterocycles. The molecule has 1 aromatic carbocycles. The third-order valence-electron chi connectivity index (χ3n) is 3.80. The number of nitrogens with zero attached hydrogens (tertiary/aromatic N) is 3. The van der Waals surface area contributed by atoms with Gasteiger partial charge in [-0.1, -0.05) is 0 Å². The first kappa shape index (κ1) is 12.8. The third kappa shape index (κ3) is 2.18. The van der Waals surface area contributed by atoms with Crippen molar-refractivity contribution < 1.29 is 4.92 Å². The van der Waals surface area contributed by atoms with Crippen molar-refractivity contribution in [3.8, 4) is 0 Å². The number of fused-ring (bicyclic) bond motifs is 1. The number of anilines is 1. The van der Waals surface area contributed by atoms with Gasteiger partial charge in [-0.05, 0) is 31.0 Å². The Hall–Kier alpha value is -2.21. The second kappa shape index (κ2) is 5.05. The third-order valence-corrected chi connectivity index (χ3v) is 3.80. The van der Waals surface area contributed by atoms with E-state index in [4.69, 9.17) is 5.73 Å². The number of hydrogen-bond acceptors (Lipinski definition) is 5. The Labute approximate surface area is 116 Å². The predicted octanol–water partition coefficient (Wildman–Crippen LogP) is 2.07. The number of piperidine rings is 1. The van der Waals surface area contributed by atoms with Gasteiger partial charge in [-0.3, -0.25) is 10.1 Å². The average Bonchev–Trinajstić information content (AvgIpc) is 2.47. The van der Waals surface area contributed by atoms with Crippen LogP contribution in [0.4, 0.5) is 11.4 Å². The molecular formula is C14H16N4O2. The van der Waals surface area contributed by atoms with Crippen LogP contribution in [0.15, 0.2) is 30.5 Å². The van der Waals surface area contributed by atoms with E-state index in [1.165, 1.54) is 0 Å². The summed E-state index contributed by atoms with van der Waals surface area (Å²) in [4.78, 5) is 17.1. The highest BCUT2D eigenvalue weighted by molar-refractivity contribution is 5.97. The quantitative estimate of drug-likeness (QED) is 0.668. The van der Waals surface area contributed by atoms with E-state index in [9.17, 15) is 10.1 Å². The monoisotopic (exact) mass is 272 g/mol. The van der Waals surface area contributed by atoms with Crippen molar-refractivity contribution in [1.29, 1.82) is 0 Å². The summed E-state index contributed by atoms with van der Waals surface area (Å²) in [5.74, 6) is 0. The number of nitro benzene ring substituents is 1. The van der Waals surface area contributed by atoms with Gasteiger partial charge in [0.1, 0.15) is 5.52 Å². The van der Waals surface area contributed by atoms with Gasteiger partial charge in [-0.15, -0.1) is 0 Å². The van der Waals surface area contributed by atoms with Gasteiger partial charge in [-0.25, -0.2) is 4.98 Å². The van der Waals surface area contributed by atoms with Gasteiger partial charge in [0.15, 0.2) is 0 Å². The van der Waals surface area contributed by atoms with Crippen molar-refractivity contribution in [3.05, 3.63) is 40.6 Å². The molecule has 0 amide bonds. The molecule has 0 bridgehead atoms. The lowest BCUT2D eigenvalue weighted by molar-refractivity contribution is -0.383. The van der Waals surface area contributed by atoms with E-state index in [0.29, 0.717) is 5.52 Å². The number of rotatable bonds is 2. The van der Waals surface area contributed by atoms with Crippen LogP contribution in [0.3, 0.4) is 0 Å². The lowest BCUT2D eigenvalue weighted by Gasteiger charge is -2.32. The Morgan fingerprint density at radius 1 is 1.30 bits per heavy atom. The van der Waals surface area contributed by atoms with Gasteiger partial charge in [0, 0.05) is 42.5 Å². The summed E-state index contributed by atoms with van der Waals surface area (Å²) in [6, 6.07) is 7.32. The molecule has 0 aliphatic carbocycles. The van der Waals surface area contributed by atoms with E-state index in [0.717, 1.165) is 37.0 Å². The van der Waals surface area contributed by atoms with Crippen LogP contribution in [0.25, 0.3) is 10.9 Å². The molecule has 0 saturated carbocycles. The van der Waals surface area contributed by atoms with Crippen molar-refractivity contribution in [2.45, 2.75) is 18.9 Å². The lowest BCUT2D eigenvalue weighted by atomic mass is 10.0. The van der Waals surface area contributed by atoms with Crippen molar-refractivity contribution >= 4 is 22.3 Å². The molecule has 0 unspecified atom stereocenters. The Bertz CT molecular complexity index is 651. The summed E-state index contributed by atoms with van der Waals surface area (Å²) in [5, 5.41) is 11.9. The van der Waals surface area contributed by atoms with E-state index in [2.05, 4.69) is 9.88 Å². The van der Waals surface area contributed by atoms with Crippen molar-refractivity contribution in [1.82, 2.24) is 4.98 Å². The number of non-ortho nitro benzene ring substituents is 1. The van der Waals surface area contributed by atoms with E-state index in [1.807, 2.05) is 18.2 Å². The summed E-state index contributed by atoms with van der Waals surface area (Å²) >= 11 is 0. The highest BCUT2D eigenvalue weighted by Gasteiger charge is 2.21. The minimum absolute atomic E-state index is 0.0538. The Balaban J connectivity index is 2.08. The number of nitro groups is 1. The molecule has 0 spiro atoms. The van der Waals surface area contributed by atoms with Crippen LogP contribution >= 0.6 is 0 Å². The van der Waals surface area contributed by atoms with Gasteiger partial charge in [0.2, 0.25) is 0 Å². The SMILES string of the molecule is NC1CCN(c2ccc([N+](=O)[O-])c3ncccc23)CC1. The zero-order valence-corrected chi connectivity index (χ0v) is 11.0. The molecule has 6 nitrogen and oxygen atoms in total. The molecule has 2 aromatic rings. The molecule has 1 fully saturated rings. The number of hydrogen-bond donors (Lipinski definition) is 1. The second-order valence-electron chi connectivity index (χ2n) is 5.08. The highest BCUT2D eigenvalue weighted by Crippen LogP contribution is 2.33. The van der Waals surface area contributed by atoms with Crippen molar-refractivity contribution in [2.24, 2.45) is 5.73 Å². The predicted molar refractivity (Wildman–Crippen MR) is 77.8 cm³/mol. The molecule has 1 aromatic heterocycles. The standard InChI is InChI=1S/C14H16N4O2/c15-10-5-8-17(9-6-10)12-3-4-13(18(19)20)14-11(12)2-1-7-16-14/h1-4,7,10H,5-6,8-9,15H2. The average molecular weight is 272 g/mol. The highest BCUT2D eigenvalue weighted by atomic mass is 16.6. The fraction of sp³-hybridized carbons (Fsp3) is 0.357. The van der Waals surface area contributed by atoms with Gasteiger partial charge in [0.05, 0.1) is 4.92 Å². The van der Waals surface area contributed by atoms with Crippen LogP contribution in [-0.4, -0.2) is 29.0 Å². The molecule has 1 saturated heterocycles. The fourth-order valence-corrected chi connectivity index (χ4v) is 2.71. The molecule has 1 aliphatic rings. The summed E-state index contributed by atoms with van der Waals surface area (Å²) in [6.07, 6.45) is 3.47. The number of nitrogens with two attached hydrogens (primary N) is 1. The summed E-state index contributed by atoms with van der Waals surface area (Å²) in [7, 11) is 0. The van der Waals surface area contributed by atoms with Crippen LogP contribution < -0.4 is 10.6 Å². The first-order valence-electron chi connectivity index (χ1n) is 6.69. The van der Waals surface area contributed by atoms with Gasteiger partial charge in [0.25, 0.3) is 5.69 Å². The van der Waals surface area contributed by atoms with E-state index < -0.39 is 0 Å². The maximum atomic E-state index is 11.1. The number of aromatic nitrogens is 1. The largest absolute Gasteiger partial charge is 0.371 e. The zero-order chi connectivity index (χ0) is 14.1. The van der Waals surface area contributed by atoms with Crippen LogP contribution in [0.1, 0.15) is 12.8 Å². The Morgan fingerprint density at radius 3 is 2.75 bits per heavy atom. The Morgan fingerprint density at radius 2 is 2.05 bits per heavy atom. The second-order valence-corrected chi connectivity index (χ2v) is 5.08. The molecule has 20 heavy (non-hydrogen) atoms. The molecule has 2 N–H and O–H groups in total. The zero-order valence-electron chi connectivity index (χ0n) is 11.0. The van der Waals surface area contributed by atoms with Gasteiger partial charge >= 0.3 is 0 Å². The van der Waals surface area contributed by atoms with E-state index >= 15 is 0 Å². The lowest BCUT2D eigenvalue weighted by Crippen LogP contribution is -2.39. The molecule has 0 atom stereocenters. The molecule has 104 valence electrons. The smallest absolute Gasteiger partial charge is 0.295 e. The summed E-state index contributed by atoms with van der Waals surface area (Å²) in [5.41, 5.74) is 7.43. The van der Waals surface area contributed by atoms with Gasteiger partial charge < -0.3 is 10.6 Å². The van der Waals surface area contributed by atoms with Crippen LogP contribution in [-0.2, 0) is 0 Å². The van der Waals surface area contributed by atoms with E-state index in [-0.39, 0.29) is 16.7 Å². The minimum atomic E-state index is -0.384. The maximum absolute atomic E-state index is 11.1. The molecule has 3 rings (SSSR count). The molecule has 6 heteroatoms. The Kier molecular flexibility index (Phi) is 3.23. The summed E-state index contributed by atoms with van der Waals surface area (Å²) < 4.78 is 0.